The molecule has 146 valence electrons. The van der Waals surface area contributed by atoms with Crippen molar-refractivity contribution in [2.45, 2.75) is 20.5 Å². The van der Waals surface area contributed by atoms with E-state index in [4.69, 9.17) is 21.7 Å². The summed E-state index contributed by atoms with van der Waals surface area (Å²) in [4.78, 5) is 14.6. The van der Waals surface area contributed by atoms with Gasteiger partial charge in [0.2, 0.25) is 0 Å². The van der Waals surface area contributed by atoms with Crippen molar-refractivity contribution in [1.29, 1.82) is 0 Å². The van der Waals surface area contributed by atoms with Gasteiger partial charge in [-0.25, -0.2) is 0 Å². The molecule has 0 spiro atoms. The Morgan fingerprint density at radius 2 is 1.86 bits per heavy atom. The molecule has 0 radical (unpaired) electrons. The van der Waals surface area contributed by atoms with Crippen LogP contribution in [0.4, 0.5) is 0 Å². The van der Waals surface area contributed by atoms with E-state index in [0.717, 1.165) is 11.1 Å². The Hall–Kier alpha value is -1.58. The molecule has 1 aliphatic rings. The summed E-state index contributed by atoms with van der Waals surface area (Å²) in [5.41, 5.74) is 1.97. The Labute approximate surface area is 188 Å². The van der Waals surface area contributed by atoms with Crippen molar-refractivity contribution < 1.29 is 14.3 Å². The van der Waals surface area contributed by atoms with Crippen LogP contribution in [0.15, 0.2) is 47.4 Å². The van der Waals surface area contributed by atoms with Crippen LogP contribution in [-0.4, -0.2) is 28.3 Å². The van der Waals surface area contributed by atoms with Crippen molar-refractivity contribution in [2.75, 3.05) is 13.2 Å². The zero-order valence-corrected chi connectivity index (χ0v) is 19.4. The molecule has 0 saturated carbocycles. The fourth-order valence-corrected chi connectivity index (χ4v) is 4.41. The number of amides is 1. The van der Waals surface area contributed by atoms with Crippen LogP contribution >= 0.6 is 46.6 Å². The summed E-state index contributed by atoms with van der Waals surface area (Å²) in [5, 5.41) is 0. The fourth-order valence-electron chi connectivity index (χ4n) is 2.67. The molecular formula is C21H20INO3S2. The minimum absolute atomic E-state index is 0.0468. The summed E-state index contributed by atoms with van der Waals surface area (Å²) in [6, 6.07) is 13.9. The van der Waals surface area contributed by atoms with Crippen LogP contribution in [0, 0.1) is 3.57 Å². The first-order valence-electron chi connectivity index (χ1n) is 8.91. The maximum Gasteiger partial charge on any atom is 0.266 e. The molecule has 0 aromatic heterocycles. The number of nitrogens with zero attached hydrogens (tertiary/aromatic N) is 1. The number of thiocarbonyl (C=S) groups is 1. The quantitative estimate of drug-likeness (QED) is 0.272. The third kappa shape index (κ3) is 5.07. The highest BCUT2D eigenvalue weighted by atomic mass is 127. The smallest absolute Gasteiger partial charge is 0.266 e. The van der Waals surface area contributed by atoms with E-state index in [0.29, 0.717) is 40.5 Å². The predicted octanol–water partition coefficient (Wildman–Crippen LogP) is 5.49. The van der Waals surface area contributed by atoms with E-state index in [1.807, 2.05) is 50.3 Å². The standard InChI is InChI=1S/C21H20INO3S2/c1-3-23-20(24)19(28-21(23)27)12-15-7-10-17(18(11-15)25-4-2)26-13-14-5-8-16(22)9-6-14/h5-12H,3-4,13H2,1-2H3/b19-12-. The fraction of sp³-hybridized carbons (Fsp3) is 0.238. The van der Waals surface area contributed by atoms with E-state index in [2.05, 4.69) is 34.7 Å². The van der Waals surface area contributed by atoms with Crippen LogP contribution in [0.25, 0.3) is 6.08 Å². The molecule has 1 aliphatic heterocycles. The highest BCUT2D eigenvalue weighted by Gasteiger charge is 2.30. The van der Waals surface area contributed by atoms with Gasteiger partial charge in [-0.1, -0.05) is 42.2 Å². The second-order valence-electron chi connectivity index (χ2n) is 5.98. The highest BCUT2D eigenvalue weighted by Crippen LogP contribution is 2.35. The number of carbonyl (C=O) groups is 1. The maximum absolute atomic E-state index is 12.4. The average Bonchev–Trinajstić information content (AvgIpc) is 2.95. The maximum atomic E-state index is 12.4. The molecule has 28 heavy (non-hydrogen) atoms. The third-order valence-corrected chi connectivity index (χ3v) is 6.16. The number of hydrogen-bond acceptors (Lipinski definition) is 5. The van der Waals surface area contributed by atoms with Gasteiger partial charge in [0.05, 0.1) is 11.5 Å². The third-order valence-electron chi connectivity index (χ3n) is 4.06. The minimum atomic E-state index is -0.0468. The number of hydrogen-bond donors (Lipinski definition) is 0. The van der Waals surface area contributed by atoms with Crippen LogP contribution in [0.2, 0.25) is 0 Å². The minimum Gasteiger partial charge on any atom is -0.490 e. The molecule has 0 N–H and O–H groups in total. The number of carbonyl (C=O) groups excluding carboxylic acids is 1. The number of halogens is 1. The summed E-state index contributed by atoms with van der Waals surface area (Å²) in [7, 11) is 0. The molecule has 7 heteroatoms. The zero-order chi connectivity index (χ0) is 20.1. The van der Waals surface area contributed by atoms with Gasteiger partial charge in [0.15, 0.2) is 11.5 Å². The van der Waals surface area contributed by atoms with Crippen LogP contribution in [0.1, 0.15) is 25.0 Å². The first kappa shape index (κ1) is 21.1. The van der Waals surface area contributed by atoms with Crippen LogP contribution < -0.4 is 9.47 Å². The number of benzene rings is 2. The second-order valence-corrected chi connectivity index (χ2v) is 8.90. The van der Waals surface area contributed by atoms with E-state index in [1.54, 1.807) is 4.90 Å². The molecule has 0 aliphatic carbocycles. The summed E-state index contributed by atoms with van der Waals surface area (Å²) in [6.07, 6.45) is 1.85. The molecule has 4 nitrogen and oxygen atoms in total. The van der Waals surface area contributed by atoms with Crippen molar-refractivity contribution in [3.8, 4) is 11.5 Å². The lowest BCUT2D eigenvalue weighted by Crippen LogP contribution is -2.27. The normalized spacial score (nSPS) is 15.4. The van der Waals surface area contributed by atoms with Crippen LogP contribution in [0.3, 0.4) is 0 Å². The lowest BCUT2D eigenvalue weighted by Gasteiger charge is -2.13. The molecule has 0 atom stereocenters. The molecule has 2 aromatic rings. The van der Waals surface area contributed by atoms with Crippen molar-refractivity contribution in [3.05, 3.63) is 62.1 Å². The number of likely N-dealkylation sites (N-methyl/N-ethyl adjacent to an activating group) is 1. The largest absolute Gasteiger partial charge is 0.490 e. The monoisotopic (exact) mass is 525 g/mol. The van der Waals surface area contributed by atoms with E-state index < -0.39 is 0 Å². The Morgan fingerprint density at radius 1 is 1.11 bits per heavy atom. The molecule has 3 rings (SSSR count). The summed E-state index contributed by atoms with van der Waals surface area (Å²) >= 11 is 8.88. The van der Waals surface area contributed by atoms with Gasteiger partial charge in [0, 0.05) is 10.1 Å². The summed E-state index contributed by atoms with van der Waals surface area (Å²) < 4.78 is 13.5. The van der Waals surface area contributed by atoms with Crippen molar-refractivity contribution in [1.82, 2.24) is 4.90 Å². The van der Waals surface area contributed by atoms with Crippen LogP contribution in [-0.2, 0) is 11.4 Å². The second kappa shape index (κ2) is 9.76. The van der Waals surface area contributed by atoms with Gasteiger partial charge in [-0.3, -0.25) is 9.69 Å². The van der Waals surface area contributed by atoms with Gasteiger partial charge in [0.1, 0.15) is 10.9 Å². The van der Waals surface area contributed by atoms with E-state index >= 15 is 0 Å². The molecule has 2 aromatic carbocycles. The Balaban J connectivity index is 1.79. The summed E-state index contributed by atoms with van der Waals surface area (Å²) in [6.45, 7) is 5.42. The summed E-state index contributed by atoms with van der Waals surface area (Å²) in [5.74, 6) is 1.29. The lowest BCUT2D eigenvalue weighted by atomic mass is 10.1. The first-order valence-corrected chi connectivity index (χ1v) is 11.2. The van der Waals surface area contributed by atoms with Crippen molar-refractivity contribution >= 4 is 62.9 Å². The first-order chi connectivity index (χ1) is 13.5. The van der Waals surface area contributed by atoms with Crippen LogP contribution in [0.5, 0.6) is 11.5 Å². The molecule has 0 unspecified atom stereocenters. The van der Waals surface area contributed by atoms with Gasteiger partial charge in [-0.05, 0) is 77.9 Å². The number of thioether (sulfide) groups is 1. The lowest BCUT2D eigenvalue weighted by molar-refractivity contribution is -0.121. The molecular weight excluding hydrogens is 505 g/mol. The Morgan fingerprint density at radius 3 is 2.50 bits per heavy atom. The molecule has 0 bridgehead atoms. The van der Waals surface area contributed by atoms with E-state index in [1.165, 1.54) is 15.3 Å². The van der Waals surface area contributed by atoms with Gasteiger partial charge in [0.25, 0.3) is 5.91 Å². The van der Waals surface area contributed by atoms with E-state index in [-0.39, 0.29) is 5.91 Å². The predicted molar refractivity (Wildman–Crippen MR) is 127 cm³/mol. The van der Waals surface area contributed by atoms with E-state index in [9.17, 15) is 4.79 Å². The number of ether oxygens (including phenoxy) is 2. The molecule has 1 saturated heterocycles. The average molecular weight is 525 g/mol. The van der Waals surface area contributed by atoms with Gasteiger partial charge in [-0.2, -0.15) is 0 Å². The molecule has 1 heterocycles. The molecule has 1 amide bonds. The van der Waals surface area contributed by atoms with Gasteiger partial charge in [-0.15, -0.1) is 0 Å². The van der Waals surface area contributed by atoms with Crippen molar-refractivity contribution in [3.63, 3.8) is 0 Å². The van der Waals surface area contributed by atoms with Gasteiger partial charge >= 0.3 is 0 Å². The number of rotatable bonds is 7. The van der Waals surface area contributed by atoms with Crippen molar-refractivity contribution in [2.24, 2.45) is 0 Å². The molecule has 1 fully saturated rings. The highest BCUT2D eigenvalue weighted by molar-refractivity contribution is 14.1. The zero-order valence-electron chi connectivity index (χ0n) is 15.6. The Kier molecular flexibility index (Phi) is 7.36. The van der Waals surface area contributed by atoms with Gasteiger partial charge < -0.3 is 9.47 Å². The topological polar surface area (TPSA) is 38.8 Å². The SMILES string of the molecule is CCOc1cc(/C=C2\SC(=S)N(CC)C2=O)ccc1OCc1ccc(I)cc1. The Bertz CT molecular complexity index is 912.